The quantitative estimate of drug-likeness (QED) is 0.781. The predicted molar refractivity (Wildman–Crippen MR) is 60.8 cm³/mol. The van der Waals surface area contributed by atoms with Crippen molar-refractivity contribution in [2.24, 2.45) is 11.3 Å². The number of carboxylic acid groups (broad SMARTS) is 1. The molecule has 1 heterocycles. The second-order valence-corrected chi connectivity index (χ2v) is 5.38. The van der Waals surface area contributed by atoms with E-state index in [4.69, 9.17) is 0 Å². The van der Waals surface area contributed by atoms with E-state index in [9.17, 15) is 9.90 Å². The van der Waals surface area contributed by atoms with Gasteiger partial charge in [0.1, 0.15) is 0 Å². The van der Waals surface area contributed by atoms with Crippen molar-refractivity contribution in [3.05, 3.63) is 0 Å². The van der Waals surface area contributed by atoms with E-state index in [-0.39, 0.29) is 11.3 Å². The molecule has 0 amide bonds. The Kier molecular flexibility index (Phi) is 3.77. The number of carboxylic acids is 1. The van der Waals surface area contributed by atoms with Gasteiger partial charge in [-0.1, -0.05) is 20.8 Å². The number of aliphatic carboxylic acids is 1. The van der Waals surface area contributed by atoms with E-state index in [2.05, 4.69) is 32.6 Å². The fourth-order valence-corrected chi connectivity index (χ4v) is 2.25. The largest absolute Gasteiger partial charge is 0.481 e. The Labute approximate surface area is 92.5 Å². The second-order valence-electron chi connectivity index (χ2n) is 5.38. The van der Waals surface area contributed by atoms with E-state index in [0.717, 1.165) is 19.4 Å². The second kappa shape index (κ2) is 4.52. The highest BCUT2D eigenvalue weighted by Gasteiger charge is 2.40. The van der Waals surface area contributed by atoms with Gasteiger partial charge in [0.2, 0.25) is 0 Å². The Hall–Kier alpha value is -0.570. The van der Waals surface area contributed by atoms with Gasteiger partial charge < -0.3 is 5.11 Å². The summed E-state index contributed by atoms with van der Waals surface area (Å²) < 4.78 is 0. The van der Waals surface area contributed by atoms with Gasteiger partial charge in [0.25, 0.3) is 0 Å². The molecule has 3 nitrogen and oxygen atoms in total. The van der Waals surface area contributed by atoms with Gasteiger partial charge in [0.05, 0.1) is 5.92 Å². The van der Waals surface area contributed by atoms with Crippen molar-refractivity contribution >= 4 is 5.97 Å². The van der Waals surface area contributed by atoms with Crippen LogP contribution in [-0.4, -0.2) is 35.1 Å². The molecule has 1 saturated heterocycles. The molecule has 0 aromatic heterocycles. The van der Waals surface area contributed by atoms with Crippen LogP contribution in [0, 0.1) is 11.3 Å². The lowest BCUT2D eigenvalue weighted by atomic mass is 9.73. The van der Waals surface area contributed by atoms with Crippen molar-refractivity contribution in [1.82, 2.24) is 4.90 Å². The van der Waals surface area contributed by atoms with Crippen LogP contribution in [0.4, 0.5) is 0 Å². The highest BCUT2D eigenvalue weighted by Crippen LogP contribution is 2.36. The van der Waals surface area contributed by atoms with Crippen molar-refractivity contribution in [3.63, 3.8) is 0 Å². The zero-order valence-corrected chi connectivity index (χ0v) is 10.3. The highest BCUT2D eigenvalue weighted by atomic mass is 16.4. The molecular formula is C12H23NO2. The molecule has 2 unspecified atom stereocenters. The van der Waals surface area contributed by atoms with Gasteiger partial charge in [0.15, 0.2) is 0 Å². The average molecular weight is 213 g/mol. The Morgan fingerprint density at radius 1 is 1.60 bits per heavy atom. The smallest absolute Gasteiger partial charge is 0.308 e. The predicted octanol–water partition coefficient (Wildman–Crippen LogP) is 2.22. The molecule has 1 aliphatic heterocycles. The van der Waals surface area contributed by atoms with Crippen LogP contribution in [0.15, 0.2) is 0 Å². The minimum atomic E-state index is -0.645. The van der Waals surface area contributed by atoms with E-state index < -0.39 is 5.97 Å². The van der Waals surface area contributed by atoms with Crippen molar-refractivity contribution in [2.75, 3.05) is 13.1 Å². The van der Waals surface area contributed by atoms with Crippen LogP contribution in [0.5, 0.6) is 0 Å². The minimum absolute atomic E-state index is 0.0597. The zero-order chi connectivity index (χ0) is 11.6. The summed E-state index contributed by atoms with van der Waals surface area (Å²) in [6.45, 7) is 10.2. The van der Waals surface area contributed by atoms with Crippen molar-refractivity contribution in [3.8, 4) is 0 Å². The first-order chi connectivity index (χ1) is 6.88. The molecule has 1 aliphatic rings. The van der Waals surface area contributed by atoms with Crippen LogP contribution in [0.1, 0.15) is 40.5 Å². The molecule has 3 heteroatoms. The fraction of sp³-hybridized carbons (Fsp3) is 0.917. The molecule has 0 aromatic rings. The number of hydrogen-bond donors (Lipinski definition) is 1. The summed E-state index contributed by atoms with van der Waals surface area (Å²) in [5.41, 5.74) is -0.0597. The molecule has 0 radical (unpaired) electrons. The third-order valence-electron chi connectivity index (χ3n) is 3.92. The van der Waals surface area contributed by atoms with E-state index in [1.165, 1.54) is 0 Å². The van der Waals surface area contributed by atoms with Crippen molar-refractivity contribution in [2.45, 2.75) is 46.6 Å². The average Bonchev–Trinajstić information content (AvgIpc) is 2.15. The Morgan fingerprint density at radius 2 is 2.20 bits per heavy atom. The summed E-state index contributed by atoms with van der Waals surface area (Å²) >= 11 is 0. The maximum Gasteiger partial charge on any atom is 0.308 e. The molecule has 1 rings (SSSR count). The van der Waals surface area contributed by atoms with E-state index >= 15 is 0 Å². The van der Waals surface area contributed by atoms with Gasteiger partial charge in [-0.3, -0.25) is 9.69 Å². The molecule has 15 heavy (non-hydrogen) atoms. The first-order valence-corrected chi connectivity index (χ1v) is 5.85. The summed E-state index contributed by atoms with van der Waals surface area (Å²) in [5, 5.41) is 9.22. The topological polar surface area (TPSA) is 40.5 Å². The molecule has 1 N–H and O–H groups in total. The number of carbonyl (C=O) groups is 1. The fourth-order valence-electron chi connectivity index (χ4n) is 2.25. The molecule has 0 saturated carbocycles. The SMILES string of the molecule is CCC(C)N1CCC(C)(C)C(C(=O)O)C1. The van der Waals surface area contributed by atoms with Crippen LogP contribution in [-0.2, 0) is 4.79 Å². The van der Waals surface area contributed by atoms with Gasteiger partial charge in [-0.05, 0) is 31.7 Å². The molecule has 2 atom stereocenters. The summed E-state index contributed by atoms with van der Waals surface area (Å²) in [6.07, 6.45) is 2.07. The Balaban J connectivity index is 2.71. The van der Waals surface area contributed by atoms with Crippen molar-refractivity contribution in [1.29, 1.82) is 0 Å². The van der Waals surface area contributed by atoms with Gasteiger partial charge in [0, 0.05) is 12.6 Å². The number of rotatable bonds is 3. The zero-order valence-electron chi connectivity index (χ0n) is 10.3. The summed E-state index contributed by atoms with van der Waals surface area (Å²) in [5.74, 6) is -0.867. The number of nitrogens with zero attached hydrogens (tertiary/aromatic N) is 1. The Bertz CT molecular complexity index is 238. The third kappa shape index (κ3) is 2.71. The van der Waals surface area contributed by atoms with E-state index in [1.54, 1.807) is 0 Å². The molecular weight excluding hydrogens is 190 g/mol. The molecule has 0 bridgehead atoms. The number of piperidine rings is 1. The summed E-state index contributed by atoms with van der Waals surface area (Å²) in [4.78, 5) is 13.5. The lowest BCUT2D eigenvalue weighted by Gasteiger charge is -2.44. The van der Waals surface area contributed by atoms with E-state index in [1.807, 2.05) is 0 Å². The standard InChI is InChI=1S/C12H23NO2/c1-5-9(2)13-7-6-12(3,4)10(8-13)11(14)15/h9-10H,5-8H2,1-4H3,(H,14,15). The summed E-state index contributed by atoms with van der Waals surface area (Å²) in [6, 6.07) is 0.503. The maximum absolute atomic E-state index is 11.2. The van der Waals surface area contributed by atoms with Crippen LogP contribution in [0.2, 0.25) is 0 Å². The highest BCUT2D eigenvalue weighted by molar-refractivity contribution is 5.71. The summed E-state index contributed by atoms with van der Waals surface area (Å²) in [7, 11) is 0. The van der Waals surface area contributed by atoms with Crippen LogP contribution < -0.4 is 0 Å². The lowest BCUT2D eigenvalue weighted by Crippen LogP contribution is -2.50. The monoisotopic (exact) mass is 213 g/mol. The van der Waals surface area contributed by atoms with Crippen LogP contribution in [0.25, 0.3) is 0 Å². The number of likely N-dealkylation sites (tertiary alicyclic amines) is 1. The first kappa shape index (κ1) is 12.5. The molecule has 0 spiro atoms. The normalized spacial score (nSPS) is 28.7. The van der Waals surface area contributed by atoms with Crippen molar-refractivity contribution < 1.29 is 9.90 Å². The van der Waals surface area contributed by atoms with Gasteiger partial charge in [-0.2, -0.15) is 0 Å². The lowest BCUT2D eigenvalue weighted by molar-refractivity contribution is -0.149. The first-order valence-electron chi connectivity index (χ1n) is 5.85. The molecule has 88 valence electrons. The van der Waals surface area contributed by atoms with Gasteiger partial charge in [-0.25, -0.2) is 0 Å². The van der Waals surface area contributed by atoms with Crippen LogP contribution >= 0.6 is 0 Å². The molecule has 0 aromatic carbocycles. The number of hydrogen-bond acceptors (Lipinski definition) is 2. The van der Waals surface area contributed by atoms with Crippen LogP contribution in [0.3, 0.4) is 0 Å². The Morgan fingerprint density at radius 3 is 2.67 bits per heavy atom. The van der Waals surface area contributed by atoms with Gasteiger partial charge in [-0.15, -0.1) is 0 Å². The van der Waals surface area contributed by atoms with Gasteiger partial charge >= 0.3 is 5.97 Å². The maximum atomic E-state index is 11.2. The molecule has 0 aliphatic carbocycles. The molecule has 1 fully saturated rings. The van der Waals surface area contributed by atoms with E-state index in [0.29, 0.717) is 12.6 Å². The third-order valence-corrected chi connectivity index (χ3v) is 3.92. The minimum Gasteiger partial charge on any atom is -0.481 e.